The van der Waals surface area contributed by atoms with E-state index in [1.807, 2.05) is 7.05 Å². The van der Waals surface area contributed by atoms with Crippen molar-refractivity contribution in [3.05, 3.63) is 17.6 Å². The van der Waals surface area contributed by atoms with Crippen molar-refractivity contribution in [2.45, 2.75) is 25.7 Å². The predicted octanol–water partition coefficient (Wildman–Crippen LogP) is 1.32. The molecule has 15 heavy (non-hydrogen) atoms. The number of fused-ring (bicyclic) bond motifs is 1. The third kappa shape index (κ3) is 1.91. The van der Waals surface area contributed by atoms with Crippen molar-refractivity contribution in [3.63, 3.8) is 0 Å². The molecule has 2 rings (SSSR count). The number of aryl methyl sites for hydroxylation is 1. The number of hydrogen-bond acceptors (Lipinski definition) is 4. The zero-order chi connectivity index (χ0) is 10.7. The summed E-state index contributed by atoms with van der Waals surface area (Å²) >= 11 is 0. The van der Waals surface area contributed by atoms with Crippen LogP contribution < -0.4 is 4.90 Å². The minimum absolute atomic E-state index is 0.537. The largest absolute Gasteiger partial charge is 0.358 e. The first-order chi connectivity index (χ1) is 7.33. The van der Waals surface area contributed by atoms with Gasteiger partial charge in [-0.1, -0.05) is 0 Å². The highest BCUT2D eigenvalue weighted by atomic mass is 15.2. The first-order valence-electron chi connectivity index (χ1n) is 5.23. The van der Waals surface area contributed by atoms with Crippen molar-refractivity contribution in [3.8, 4) is 6.07 Å². The van der Waals surface area contributed by atoms with Gasteiger partial charge in [0, 0.05) is 24.8 Å². The van der Waals surface area contributed by atoms with E-state index in [2.05, 4.69) is 20.9 Å². The van der Waals surface area contributed by atoms with E-state index >= 15 is 0 Å². The van der Waals surface area contributed by atoms with Gasteiger partial charge in [0.05, 0.1) is 12.5 Å². The molecule has 1 aromatic rings. The molecule has 0 atom stereocenters. The summed E-state index contributed by atoms with van der Waals surface area (Å²) in [6.07, 6.45) is 5.48. The van der Waals surface area contributed by atoms with E-state index in [1.165, 1.54) is 17.7 Å². The Bertz CT molecular complexity index is 394. The highest BCUT2D eigenvalue weighted by molar-refractivity contribution is 5.49. The van der Waals surface area contributed by atoms with Crippen molar-refractivity contribution in [1.29, 1.82) is 5.26 Å². The molecule has 1 aromatic heterocycles. The number of aromatic nitrogens is 2. The summed E-state index contributed by atoms with van der Waals surface area (Å²) in [5.74, 6) is 1.01. The van der Waals surface area contributed by atoms with Crippen LogP contribution in [0.15, 0.2) is 6.33 Å². The summed E-state index contributed by atoms with van der Waals surface area (Å²) in [4.78, 5) is 10.6. The fourth-order valence-electron chi connectivity index (χ4n) is 1.99. The van der Waals surface area contributed by atoms with Crippen LogP contribution in [0.25, 0.3) is 0 Å². The van der Waals surface area contributed by atoms with Gasteiger partial charge in [0.1, 0.15) is 12.1 Å². The number of hydrogen-bond donors (Lipinski definition) is 0. The smallest absolute Gasteiger partial charge is 0.135 e. The first-order valence-corrected chi connectivity index (χ1v) is 5.23. The van der Waals surface area contributed by atoms with Gasteiger partial charge in [-0.3, -0.25) is 0 Å². The first kappa shape index (κ1) is 9.91. The molecule has 0 N–H and O–H groups in total. The second-order valence-electron chi connectivity index (χ2n) is 3.81. The molecule has 0 saturated carbocycles. The van der Waals surface area contributed by atoms with E-state index in [0.29, 0.717) is 6.42 Å². The minimum atomic E-state index is 0.537. The maximum atomic E-state index is 8.55. The summed E-state index contributed by atoms with van der Waals surface area (Å²) in [6, 6.07) is 2.15. The SMILES string of the molecule is CN(CCC#N)c1ncnc2c1CCC2. The Morgan fingerprint density at radius 1 is 1.47 bits per heavy atom. The quantitative estimate of drug-likeness (QED) is 0.741. The van der Waals surface area contributed by atoms with Crippen molar-refractivity contribution in [1.82, 2.24) is 9.97 Å². The predicted molar refractivity (Wildman–Crippen MR) is 57.6 cm³/mol. The van der Waals surface area contributed by atoms with E-state index in [-0.39, 0.29) is 0 Å². The second kappa shape index (κ2) is 4.26. The average molecular weight is 202 g/mol. The molecule has 0 aliphatic heterocycles. The number of nitrogens with zero attached hydrogens (tertiary/aromatic N) is 4. The van der Waals surface area contributed by atoms with Crippen LogP contribution in [0.5, 0.6) is 0 Å². The lowest BCUT2D eigenvalue weighted by atomic mass is 10.2. The molecule has 1 heterocycles. The fraction of sp³-hybridized carbons (Fsp3) is 0.545. The lowest BCUT2D eigenvalue weighted by molar-refractivity contribution is 0.863. The molecule has 0 bridgehead atoms. The number of rotatable bonds is 3. The lowest BCUT2D eigenvalue weighted by Crippen LogP contribution is -2.21. The summed E-state index contributed by atoms with van der Waals surface area (Å²) in [7, 11) is 1.98. The molecule has 4 nitrogen and oxygen atoms in total. The van der Waals surface area contributed by atoms with Crippen LogP contribution >= 0.6 is 0 Å². The zero-order valence-corrected chi connectivity index (χ0v) is 8.90. The normalized spacial score (nSPS) is 13.3. The van der Waals surface area contributed by atoms with Crippen LogP contribution in [0.2, 0.25) is 0 Å². The summed E-state index contributed by atoms with van der Waals surface area (Å²) in [5.41, 5.74) is 2.46. The summed E-state index contributed by atoms with van der Waals surface area (Å²) < 4.78 is 0. The van der Waals surface area contributed by atoms with Crippen molar-refractivity contribution < 1.29 is 0 Å². The Morgan fingerprint density at radius 3 is 3.13 bits per heavy atom. The molecular formula is C11H14N4. The highest BCUT2D eigenvalue weighted by Crippen LogP contribution is 2.26. The van der Waals surface area contributed by atoms with Crippen molar-refractivity contribution >= 4 is 5.82 Å². The molecule has 0 saturated heterocycles. The molecular weight excluding hydrogens is 188 g/mol. The molecule has 0 fully saturated rings. The van der Waals surface area contributed by atoms with Gasteiger partial charge in [-0.25, -0.2) is 9.97 Å². The van der Waals surface area contributed by atoms with Gasteiger partial charge in [-0.2, -0.15) is 5.26 Å². The average Bonchev–Trinajstić information content (AvgIpc) is 2.73. The van der Waals surface area contributed by atoms with Crippen LogP contribution in [0.4, 0.5) is 5.82 Å². The molecule has 0 radical (unpaired) electrons. The van der Waals surface area contributed by atoms with Crippen LogP contribution in [-0.2, 0) is 12.8 Å². The van der Waals surface area contributed by atoms with Gasteiger partial charge < -0.3 is 4.90 Å². The number of anilines is 1. The third-order valence-corrected chi connectivity index (χ3v) is 2.77. The standard InChI is InChI=1S/C11H14N4/c1-15(7-3-6-12)11-9-4-2-5-10(9)13-8-14-11/h8H,2-5,7H2,1H3. The Balaban J connectivity index is 2.21. The van der Waals surface area contributed by atoms with Crippen LogP contribution in [-0.4, -0.2) is 23.6 Å². The molecule has 1 aliphatic carbocycles. The molecule has 1 aliphatic rings. The van der Waals surface area contributed by atoms with Gasteiger partial charge in [-0.15, -0.1) is 0 Å². The Labute approximate surface area is 89.6 Å². The van der Waals surface area contributed by atoms with E-state index in [4.69, 9.17) is 5.26 Å². The Morgan fingerprint density at radius 2 is 2.33 bits per heavy atom. The van der Waals surface area contributed by atoms with Gasteiger partial charge in [0.15, 0.2) is 0 Å². The highest BCUT2D eigenvalue weighted by Gasteiger charge is 2.18. The molecule has 0 unspecified atom stereocenters. The topological polar surface area (TPSA) is 52.8 Å². The van der Waals surface area contributed by atoms with Crippen molar-refractivity contribution in [2.24, 2.45) is 0 Å². The van der Waals surface area contributed by atoms with Crippen LogP contribution in [0.1, 0.15) is 24.1 Å². The molecule has 4 heteroatoms. The zero-order valence-electron chi connectivity index (χ0n) is 8.90. The maximum absolute atomic E-state index is 8.55. The summed E-state index contributed by atoms with van der Waals surface area (Å²) in [5, 5.41) is 8.55. The number of nitriles is 1. The van der Waals surface area contributed by atoms with E-state index in [0.717, 1.165) is 25.2 Å². The monoisotopic (exact) mass is 202 g/mol. The second-order valence-corrected chi connectivity index (χ2v) is 3.81. The van der Waals surface area contributed by atoms with Gasteiger partial charge in [0.2, 0.25) is 0 Å². The van der Waals surface area contributed by atoms with Crippen LogP contribution in [0.3, 0.4) is 0 Å². The molecule has 78 valence electrons. The summed E-state index contributed by atoms with van der Waals surface area (Å²) in [6.45, 7) is 0.736. The molecule has 0 spiro atoms. The van der Waals surface area contributed by atoms with E-state index in [1.54, 1.807) is 6.33 Å². The molecule has 0 amide bonds. The Kier molecular flexibility index (Phi) is 2.82. The van der Waals surface area contributed by atoms with E-state index < -0.39 is 0 Å². The van der Waals surface area contributed by atoms with Gasteiger partial charge in [0.25, 0.3) is 0 Å². The van der Waals surface area contributed by atoms with Gasteiger partial charge in [-0.05, 0) is 19.3 Å². The van der Waals surface area contributed by atoms with Gasteiger partial charge >= 0.3 is 0 Å². The fourth-order valence-corrected chi connectivity index (χ4v) is 1.99. The Hall–Kier alpha value is -1.63. The lowest BCUT2D eigenvalue weighted by Gasteiger charge is -2.18. The van der Waals surface area contributed by atoms with Crippen LogP contribution in [0, 0.1) is 11.3 Å². The minimum Gasteiger partial charge on any atom is -0.358 e. The van der Waals surface area contributed by atoms with E-state index in [9.17, 15) is 0 Å². The third-order valence-electron chi connectivity index (χ3n) is 2.77. The molecule has 0 aromatic carbocycles. The van der Waals surface area contributed by atoms with Crippen molar-refractivity contribution in [2.75, 3.05) is 18.5 Å². The maximum Gasteiger partial charge on any atom is 0.135 e.